The largest absolute Gasteiger partial charge is 0.480 e. The molecule has 1 aliphatic heterocycles. The first-order valence-corrected chi connectivity index (χ1v) is 7.55. The number of aliphatic carboxylic acids is 1. The first-order chi connectivity index (χ1) is 11.6. The monoisotopic (exact) mass is 318 g/mol. The summed E-state index contributed by atoms with van der Waals surface area (Å²) in [5.74, 6) is -1.05. The summed E-state index contributed by atoms with van der Waals surface area (Å²) >= 11 is 0. The molecule has 0 radical (unpaired) electrons. The van der Waals surface area contributed by atoms with Gasteiger partial charge in [-0.2, -0.15) is 0 Å². The highest BCUT2D eigenvalue weighted by Gasteiger charge is 2.24. The van der Waals surface area contributed by atoms with Crippen LogP contribution in [0.5, 0.6) is 0 Å². The smallest absolute Gasteiger partial charge is 0.323 e. The van der Waals surface area contributed by atoms with Crippen molar-refractivity contribution in [1.29, 1.82) is 0 Å². The maximum atomic E-state index is 12.3. The molecule has 0 atom stereocenters. The number of carbonyl (C=O) groups excluding carboxylic acids is 1. The van der Waals surface area contributed by atoms with Gasteiger partial charge in [-0.25, -0.2) is 0 Å². The Morgan fingerprint density at radius 2 is 1.88 bits per heavy atom. The van der Waals surface area contributed by atoms with Crippen molar-refractivity contribution in [1.82, 2.24) is 4.57 Å². The van der Waals surface area contributed by atoms with Gasteiger partial charge in [0.25, 0.3) is 5.91 Å². The van der Waals surface area contributed by atoms with Gasteiger partial charge in [-0.15, -0.1) is 0 Å². The van der Waals surface area contributed by atoms with E-state index in [1.54, 1.807) is 10.8 Å². The molecule has 0 bridgehead atoms. The van der Waals surface area contributed by atoms with Crippen LogP contribution in [-0.4, -0.2) is 21.6 Å². The SMILES string of the molecule is O=C(O)Cn1cc(/C=C2/C(=O)Nc3ccccc32)c2ccccc21. The van der Waals surface area contributed by atoms with E-state index in [1.807, 2.05) is 54.6 Å². The Bertz CT molecular complexity index is 1010. The van der Waals surface area contributed by atoms with Crippen LogP contribution >= 0.6 is 0 Å². The van der Waals surface area contributed by atoms with Gasteiger partial charge in [0.1, 0.15) is 6.54 Å². The zero-order valence-corrected chi connectivity index (χ0v) is 12.7. The molecule has 2 N–H and O–H groups in total. The maximum absolute atomic E-state index is 12.3. The molecule has 5 heteroatoms. The minimum absolute atomic E-state index is 0.119. The average Bonchev–Trinajstić information content (AvgIpc) is 3.06. The topological polar surface area (TPSA) is 71.3 Å². The molecule has 0 saturated carbocycles. The second-order valence-corrected chi connectivity index (χ2v) is 5.68. The van der Waals surface area contributed by atoms with Crippen molar-refractivity contribution in [2.75, 3.05) is 5.32 Å². The van der Waals surface area contributed by atoms with Gasteiger partial charge >= 0.3 is 5.97 Å². The fourth-order valence-electron chi connectivity index (χ4n) is 3.10. The summed E-state index contributed by atoms with van der Waals surface area (Å²) in [6.07, 6.45) is 3.60. The highest BCUT2D eigenvalue weighted by Crippen LogP contribution is 2.34. The van der Waals surface area contributed by atoms with Crippen molar-refractivity contribution in [3.8, 4) is 0 Å². The number of hydrogen-bond donors (Lipinski definition) is 2. The van der Waals surface area contributed by atoms with Crippen LogP contribution < -0.4 is 5.32 Å². The van der Waals surface area contributed by atoms with Crippen LogP contribution in [0.25, 0.3) is 22.6 Å². The second-order valence-electron chi connectivity index (χ2n) is 5.68. The number of aromatic nitrogens is 1. The number of carboxylic acids is 1. The molecule has 4 rings (SSSR count). The Balaban J connectivity index is 1.89. The standard InChI is InChI=1S/C19H14N2O3/c22-18(23)11-21-10-12(13-5-2-4-8-17(13)21)9-15-14-6-1-3-7-16(14)20-19(15)24/h1-10H,11H2,(H,20,24)(H,22,23)/b15-9+. The van der Waals surface area contributed by atoms with Gasteiger partial charge in [-0.3, -0.25) is 9.59 Å². The zero-order chi connectivity index (χ0) is 16.7. The molecular weight excluding hydrogens is 304 g/mol. The van der Waals surface area contributed by atoms with E-state index < -0.39 is 5.97 Å². The minimum Gasteiger partial charge on any atom is -0.480 e. The van der Waals surface area contributed by atoms with Crippen molar-refractivity contribution >= 4 is 40.1 Å². The molecule has 0 aliphatic carbocycles. The number of amides is 1. The quantitative estimate of drug-likeness (QED) is 0.728. The molecule has 1 aliphatic rings. The van der Waals surface area contributed by atoms with Gasteiger partial charge in [-0.05, 0) is 18.2 Å². The lowest BCUT2D eigenvalue weighted by Gasteiger charge is -1.99. The lowest BCUT2D eigenvalue weighted by molar-refractivity contribution is -0.137. The van der Waals surface area contributed by atoms with E-state index in [0.29, 0.717) is 5.57 Å². The van der Waals surface area contributed by atoms with Crippen molar-refractivity contribution in [3.63, 3.8) is 0 Å². The second kappa shape index (κ2) is 5.38. The third-order valence-corrected chi connectivity index (χ3v) is 4.13. The molecule has 5 nitrogen and oxygen atoms in total. The van der Waals surface area contributed by atoms with Gasteiger partial charge in [0.15, 0.2) is 0 Å². The van der Waals surface area contributed by atoms with E-state index in [9.17, 15) is 9.59 Å². The minimum atomic E-state index is -0.904. The Kier molecular flexibility index (Phi) is 3.20. The number of carboxylic acid groups (broad SMARTS) is 1. The van der Waals surface area contributed by atoms with Crippen LogP contribution in [0.15, 0.2) is 54.7 Å². The number of nitrogens with one attached hydrogen (secondary N) is 1. The number of rotatable bonds is 3. The fraction of sp³-hybridized carbons (Fsp3) is 0.0526. The normalized spacial score (nSPS) is 14.8. The Labute approximate surface area is 137 Å². The maximum Gasteiger partial charge on any atom is 0.323 e. The summed E-state index contributed by atoms with van der Waals surface area (Å²) in [6.45, 7) is -0.119. The number of anilines is 1. The molecule has 2 heterocycles. The summed E-state index contributed by atoms with van der Waals surface area (Å²) < 4.78 is 1.68. The highest BCUT2D eigenvalue weighted by molar-refractivity contribution is 6.35. The van der Waals surface area contributed by atoms with E-state index in [0.717, 1.165) is 27.7 Å². The van der Waals surface area contributed by atoms with Gasteiger partial charge in [0.2, 0.25) is 0 Å². The number of benzene rings is 2. The summed E-state index contributed by atoms with van der Waals surface area (Å²) in [6, 6.07) is 15.1. The number of fused-ring (bicyclic) bond motifs is 2. The first kappa shape index (κ1) is 14.3. The molecule has 1 aromatic heterocycles. The molecule has 0 spiro atoms. The van der Waals surface area contributed by atoms with Crippen LogP contribution in [0, 0.1) is 0 Å². The predicted octanol–water partition coefficient (Wildman–Crippen LogP) is 3.22. The van der Waals surface area contributed by atoms with Crippen LogP contribution in [0.1, 0.15) is 11.1 Å². The van der Waals surface area contributed by atoms with E-state index in [-0.39, 0.29) is 12.5 Å². The van der Waals surface area contributed by atoms with Gasteiger partial charge in [0, 0.05) is 39.5 Å². The highest BCUT2D eigenvalue weighted by atomic mass is 16.4. The van der Waals surface area contributed by atoms with Crippen LogP contribution in [0.4, 0.5) is 5.69 Å². The van der Waals surface area contributed by atoms with Crippen LogP contribution in [0.2, 0.25) is 0 Å². The number of carbonyl (C=O) groups is 2. The predicted molar refractivity (Wildman–Crippen MR) is 92.5 cm³/mol. The van der Waals surface area contributed by atoms with Gasteiger partial charge in [-0.1, -0.05) is 36.4 Å². The van der Waals surface area contributed by atoms with E-state index in [1.165, 1.54) is 0 Å². The average molecular weight is 318 g/mol. The van der Waals surface area contributed by atoms with Crippen molar-refractivity contribution in [2.45, 2.75) is 6.54 Å². The summed E-state index contributed by atoms with van der Waals surface area (Å²) in [5.41, 5.74) is 3.90. The van der Waals surface area contributed by atoms with Crippen LogP contribution in [-0.2, 0) is 16.1 Å². The first-order valence-electron chi connectivity index (χ1n) is 7.55. The molecular formula is C19H14N2O3. The molecule has 118 valence electrons. The molecule has 1 amide bonds. The number of para-hydroxylation sites is 2. The molecule has 0 unspecified atom stereocenters. The summed E-state index contributed by atoms with van der Waals surface area (Å²) in [4.78, 5) is 23.4. The molecule has 2 aromatic carbocycles. The van der Waals surface area contributed by atoms with Gasteiger partial charge in [0.05, 0.1) is 0 Å². The summed E-state index contributed by atoms with van der Waals surface area (Å²) in [7, 11) is 0. The van der Waals surface area contributed by atoms with E-state index in [4.69, 9.17) is 5.11 Å². The number of nitrogens with zero attached hydrogens (tertiary/aromatic N) is 1. The number of hydrogen-bond acceptors (Lipinski definition) is 2. The van der Waals surface area contributed by atoms with Crippen molar-refractivity contribution in [2.24, 2.45) is 0 Å². The third-order valence-electron chi connectivity index (χ3n) is 4.13. The molecule has 3 aromatic rings. The van der Waals surface area contributed by atoms with E-state index >= 15 is 0 Å². The summed E-state index contributed by atoms with van der Waals surface area (Å²) in [5, 5.41) is 12.9. The Hall–Kier alpha value is -3.34. The lowest BCUT2D eigenvalue weighted by Crippen LogP contribution is -2.07. The zero-order valence-electron chi connectivity index (χ0n) is 12.7. The Morgan fingerprint density at radius 3 is 2.71 bits per heavy atom. The fourth-order valence-corrected chi connectivity index (χ4v) is 3.10. The van der Waals surface area contributed by atoms with Gasteiger partial charge < -0.3 is 15.0 Å². The van der Waals surface area contributed by atoms with Crippen LogP contribution in [0.3, 0.4) is 0 Å². The lowest BCUT2D eigenvalue weighted by atomic mass is 10.0. The molecule has 0 saturated heterocycles. The van der Waals surface area contributed by atoms with Crippen molar-refractivity contribution in [3.05, 3.63) is 65.9 Å². The molecule has 24 heavy (non-hydrogen) atoms. The third kappa shape index (κ3) is 2.27. The van der Waals surface area contributed by atoms with E-state index in [2.05, 4.69) is 5.32 Å². The Morgan fingerprint density at radius 1 is 1.12 bits per heavy atom. The molecule has 0 fully saturated rings. The van der Waals surface area contributed by atoms with Crippen molar-refractivity contribution < 1.29 is 14.7 Å².